The second-order valence-corrected chi connectivity index (χ2v) is 10.7. The number of piperazine rings is 1. The molecule has 2 fully saturated rings. The van der Waals surface area contributed by atoms with Crippen molar-refractivity contribution in [1.82, 2.24) is 29.2 Å². The second-order valence-electron chi connectivity index (χ2n) is 10.7. The topological polar surface area (TPSA) is 40.4 Å². The third kappa shape index (κ3) is 4.34. The zero-order valence-corrected chi connectivity index (χ0v) is 20.8. The molecule has 0 radical (unpaired) electrons. The minimum atomic E-state index is 0.408. The van der Waals surface area contributed by atoms with Crippen LogP contribution in [0.4, 0.5) is 0 Å². The number of nitrogens with zero attached hydrogens (tertiary/aromatic N) is 6. The van der Waals surface area contributed by atoms with E-state index in [1.807, 2.05) is 6.20 Å². The summed E-state index contributed by atoms with van der Waals surface area (Å²) >= 11 is 0. The highest BCUT2D eigenvalue weighted by atomic mass is 15.3. The van der Waals surface area contributed by atoms with E-state index in [2.05, 4.69) is 63.7 Å². The normalized spacial score (nSPS) is 23.0. The summed E-state index contributed by atoms with van der Waals surface area (Å²) in [5.41, 5.74) is 6.55. The van der Waals surface area contributed by atoms with Crippen molar-refractivity contribution in [2.45, 2.75) is 51.1 Å². The van der Waals surface area contributed by atoms with Gasteiger partial charge in [0.1, 0.15) is 5.82 Å². The number of imidazole rings is 1. The van der Waals surface area contributed by atoms with Crippen LogP contribution in [0.3, 0.4) is 0 Å². The minimum absolute atomic E-state index is 0.408. The molecule has 2 aromatic rings. The van der Waals surface area contributed by atoms with Gasteiger partial charge >= 0.3 is 0 Å². The molecule has 1 atom stereocenters. The Labute approximate surface area is 204 Å². The number of likely N-dealkylation sites (N-methyl/N-ethyl adjacent to an activating group) is 1. The Morgan fingerprint density at radius 1 is 1.09 bits per heavy atom. The van der Waals surface area contributed by atoms with Crippen LogP contribution in [0.1, 0.15) is 66.6 Å². The van der Waals surface area contributed by atoms with E-state index in [0.717, 1.165) is 63.7 Å². The summed E-state index contributed by atoms with van der Waals surface area (Å²) in [7, 11) is 4.45. The Morgan fingerprint density at radius 3 is 2.76 bits per heavy atom. The van der Waals surface area contributed by atoms with Gasteiger partial charge in [-0.2, -0.15) is 0 Å². The van der Waals surface area contributed by atoms with Gasteiger partial charge in [-0.25, -0.2) is 4.98 Å². The highest BCUT2D eigenvalue weighted by Crippen LogP contribution is 2.38. The van der Waals surface area contributed by atoms with Crippen LogP contribution >= 0.6 is 0 Å². The molecule has 4 aliphatic rings. The lowest BCUT2D eigenvalue weighted by Crippen LogP contribution is -2.43. The first-order chi connectivity index (χ1) is 16.7. The van der Waals surface area contributed by atoms with Crippen LogP contribution in [0.25, 0.3) is 11.8 Å². The van der Waals surface area contributed by atoms with Gasteiger partial charge in [-0.15, -0.1) is 0 Å². The van der Waals surface area contributed by atoms with Crippen LogP contribution in [0.5, 0.6) is 0 Å². The molecule has 6 heteroatoms. The van der Waals surface area contributed by atoms with Crippen molar-refractivity contribution in [3.05, 3.63) is 59.0 Å². The minimum Gasteiger partial charge on any atom is -0.367 e. The number of rotatable bonds is 6. The molecule has 1 saturated heterocycles. The predicted molar refractivity (Wildman–Crippen MR) is 137 cm³/mol. The molecule has 0 bridgehead atoms. The molecule has 0 spiro atoms. The Bertz CT molecular complexity index is 1090. The zero-order chi connectivity index (χ0) is 23.1. The molecule has 2 aromatic heterocycles. The Morgan fingerprint density at radius 2 is 1.94 bits per heavy atom. The van der Waals surface area contributed by atoms with E-state index in [-0.39, 0.29) is 0 Å². The van der Waals surface area contributed by atoms with Crippen LogP contribution in [-0.4, -0.2) is 69.0 Å². The molecule has 3 heterocycles. The molecule has 1 aliphatic heterocycles. The molecule has 1 unspecified atom stereocenters. The zero-order valence-electron chi connectivity index (χ0n) is 20.8. The van der Waals surface area contributed by atoms with Gasteiger partial charge in [0, 0.05) is 46.0 Å². The molecule has 6 rings (SSSR count). The summed E-state index contributed by atoms with van der Waals surface area (Å²) in [5.74, 6) is 2.02. The van der Waals surface area contributed by atoms with Gasteiger partial charge < -0.3 is 14.4 Å². The smallest absolute Gasteiger partial charge is 0.123 e. The Kier molecular flexibility index (Phi) is 6.04. The van der Waals surface area contributed by atoms with Crippen LogP contribution < -0.4 is 0 Å². The molecule has 0 N–H and O–H groups in total. The lowest BCUT2D eigenvalue weighted by Gasteiger charge is -2.36. The first kappa shape index (κ1) is 22.1. The first-order valence-corrected chi connectivity index (χ1v) is 13.2. The van der Waals surface area contributed by atoms with Crippen molar-refractivity contribution < 1.29 is 0 Å². The largest absolute Gasteiger partial charge is 0.367 e. The van der Waals surface area contributed by atoms with Gasteiger partial charge in [-0.1, -0.05) is 18.2 Å². The predicted octanol–water partition coefficient (Wildman–Crippen LogP) is 4.11. The quantitative estimate of drug-likeness (QED) is 0.652. The molecule has 6 nitrogen and oxygen atoms in total. The fourth-order valence-corrected chi connectivity index (χ4v) is 5.97. The SMILES string of the molecule is CN1CCN(C2=CCC=Cc3nc(CN(CC4CC4)C4CCCc5cccnc54)n(C)c32)CC1. The molecule has 0 amide bonds. The first-order valence-electron chi connectivity index (χ1n) is 13.2. The van der Waals surface area contributed by atoms with Crippen molar-refractivity contribution in [3.8, 4) is 0 Å². The number of allylic oxidation sites excluding steroid dienone is 2. The number of aryl methyl sites for hydroxylation is 1. The van der Waals surface area contributed by atoms with Gasteiger partial charge in [0.25, 0.3) is 0 Å². The Hall–Kier alpha value is -2.44. The maximum absolute atomic E-state index is 5.22. The highest BCUT2D eigenvalue weighted by molar-refractivity contribution is 5.72. The summed E-state index contributed by atoms with van der Waals surface area (Å²) in [4.78, 5) is 17.8. The summed E-state index contributed by atoms with van der Waals surface area (Å²) < 4.78 is 2.39. The maximum atomic E-state index is 5.22. The third-order valence-corrected chi connectivity index (χ3v) is 8.16. The van der Waals surface area contributed by atoms with E-state index < -0.39 is 0 Å². The van der Waals surface area contributed by atoms with Crippen LogP contribution in [0.2, 0.25) is 0 Å². The van der Waals surface area contributed by atoms with E-state index in [1.54, 1.807) is 0 Å². The fourth-order valence-electron chi connectivity index (χ4n) is 5.97. The number of aromatic nitrogens is 3. The van der Waals surface area contributed by atoms with Crippen molar-refractivity contribution in [3.63, 3.8) is 0 Å². The van der Waals surface area contributed by atoms with E-state index in [9.17, 15) is 0 Å². The Balaban J connectivity index is 1.31. The monoisotopic (exact) mass is 458 g/mol. The summed E-state index contributed by atoms with van der Waals surface area (Å²) in [5, 5.41) is 0. The summed E-state index contributed by atoms with van der Waals surface area (Å²) in [6.07, 6.45) is 16.2. The third-order valence-electron chi connectivity index (χ3n) is 8.16. The van der Waals surface area contributed by atoms with Gasteiger partial charge in [-0.3, -0.25) is 9.88 Å². The second kappa shape index (κ2) is 9.31. The molecule has 1 saturated carbocycles. The van der Waals surface area contributed by atoms with E-state index in [1.165, 1.54) is 54.2 Å². The number of hydrogen-bond acceptors (Lipinski definition) is 5. The van der Waals surface area contributed by atoms with Gasteiger partial charge in [0.2, 0.25) is 0 Å². The van der Waals surface area contributed by atoms with Crippen LogP contribution in [0.15, 0.2) is 30.5 Å². The number of pyridine rings is 1. The van der Waals surface area contributed by atoms with Crippen LogP contribution in [-0.2, 0) is 20.0 Å². The molecular weight excluding hydrogens is 420 g/mol. The van der Waals surface area contributed by atoms with E-state index in [4.69, 9.17) is 9.97 Å². The van der Waals surface area contributed by atoms with E-state index in [0.29, 0.717) is 6.04 Å². The summed E-state index contributed by atoms with van der Waals surface area (Å²) in [6, 6.07) is 4.79. The average molecular weight is 459 g/mol. The average Bonchev–Trinajstić information content (AvgIpc) is 3.66. The van der Waals surface area contributed by atoms with Crippen LogP contribution in [0, 0.1) is 5.92 Å². The van der Waals surface area contributed by atoms with Crippen molar-refractivity contribution >= 4 is 11.8 Å². The molecule has 0 aromatic carbocycles. The van der Waals surface area contributed by atoms with Crippen molar-refractivity contribution in [1.29, 1.82) is 0 Å². The van der Waals surface area contributed by atoms with Crippen molar-refractivity contribution in [2.24, 2.45) is 13.0 Å². The maximum Gasteiger partial charge on any atom is 0.123 e. The highest BCUT2D eigenvalue weighted by Gasteiger charge is 2.33. The number of hydrogen-bond donors (Lipinski definition) is 0. The van der Waals surface area contributed by atoms with Gasteiger partial charge in [-0.05, 0) is 69.2 Å². The standard InChI is InChI=1S/C28H38N6/c1-31-15-17-33(18-16-31)25-10-4-3-9-23-28(25)32(2)26(30-23)20-34(19-21-12-13-21)24-11-5-7-22-8-6-14-29-27(22)24/h3,6,8-10,14,21,24H,4-5,7,11-13,15-20H2,1-2H3. The molecule has 3 aliphatic carbocycles. The van der Waals surface area contributed by atoms with Crippen molar-refractivity contribution in [2.75, 3.05) is 39.8 Å². The number of fused-ring (bicyclic) bond motifs is 2. The summed E-state index contributed by atoms with van der Waals surface area (Å²) in [6.45, 7) is 6.46. The lowest BCUT2D eigenvalue weighted by atomic mass is 9.90. The molecular formula is C28H38N6. The fraction of sp³-hybridized carbons (Fsp3) is 0.571. The molecule has 180 valence electrons. The lowest BCUT2D eigenvalue weighted by molar-refractivity contribution is 0.153. The van der Waals surface area contributed by atoms with Gasteiger partial charge in [0.05, 0.1) is 35.4 Å². The molecule has 34 heavy (non-hydrogen) atoms. The van der Waals surface area contributed by atoms with Gasteiger partial charge in [0.15, 0.2) is 0 Å². The van der Waals surface area contributed by atoms with E-state index >= 15 is 0 Å².